The van der Waals surface area contributed by atoms with Crippen LogP contribution in [0.1, 0.15) is 6.42 Å². The van der Waals surface area contributed by atoms with E-state index in [4.69, 9.17) is 0 Å². The standard InChI is InChI=1S/C9H19N5/c1-13-8-9(11-12-13)2-5-14-6-3-10-4-7-14/h8,10-12H,2-7H2,1H3. The summed E-state index contributed by atoms with van der Waals surface area (Å²) in [5.41, 5.74) is 7.43. The highest BCUT2D eigenvalue weighted by Crippen LogP contribution is 2.04. The maximum absolute atomic E-state index is 3.36. The highest BCUT2D eigenvalue weighted by Gasteiger charge is 2.11. The van der Waals surface area contributed by atoms with Gasteiger partial charge in [-0.2, -0.15) is 0 Å². The Bertz CT molecular complexity index is 209. The van der Waals surface area contributed by atoms with Crippen LogP contribution in [0.3, 0.4) is 0 Å². The van der Waals surface area contributed by atoms with Crippen LogP contribution in [0.2, 0.25) is 0 Å². The molecule has 0 spiro atoms. The first-order chi connectivity index (χ1) is 6.84. The molecule has 1 saturated heterocycles. The van der Waals surface area contributed by atoms with Crippen molar-refractivity contribution < 1.29 is 0 Å². The van der Waals surface area contributed by atoms with E-state index in [9.17, 15) is 0 Å². The van der Waals surface area contributed by atoms with Gasteiger partial charge >= 0.3 is 0 Å². The number of nitrogens with zero attached hydrogens (tertiary/aromatic N) is 2. The Kier molecular flexibility index (Phi) is 3.23. The van der Waals surface area contributed by atoms with Gasteiger partial charge in [-0.05, 0) is 0 Å². The minimum Gasteiger partial charge on any atom is -0.314 e. The van der Waals surface area contributed by atoms with Gasteiger partial charge in [-0.1, -0.05) is 0 Å². The van der Waals surface area contributed by atoms with E-state index in [2.05, 4.69) is 27.4 Å². The average molecular weight is 197 g/mol. The molecule has 5 nitrogen and oxygen atoms in total. The number of piperazine rings is 1. The van der Waals surface area contributed by atoms with E-state index in [1.807, 2.05) is 12.1 Å². The molecule has 2 rings (SSSR count). The maximum atomic E-state index is 3.36. The fourth-order valence-corrected chi connectivity index (χ4v) is 1.80. The Balaban J connectivity index is 1.68. The Morgan fingerprint density at radius 1 is 1.36 bits per heavy atom. The quantitative estimate of drug-likeness (QED) is 0.546. The van der Waals surface area contributed by atoms with Gasteiger partial charge < -0.3 is 15.6 Å². The van der Waals surface area contributed by atoms with Crippen molar-refractivity contribution in [2.24, 2.45) is 0 Å². The van der Waals surface area contributed by atoms with Gasteiger partial charge in [0.05, 0.1) is 0 Å². The van der Waals surface area contributed by atoms with Crippen LogP contribution in [0, 0.1) is 0 Å². The number of hydrazine groups is 2. The largest absolute Gasteiger partial charge is 0.314 e. The van der Waals surface area contributed by atoms with Crippen LogP contribution in [0.15, 0.2) is 11.9 Å². The van der Waals surface area contributed by atoms with Crippen molar-refractivity contribution in [3.05, 3.63) is 11.9 Å². The van der Waals surface area contributed by atoms with Crippen LogP contribution in [0.4, 0.5) is 0 Å². The molecule has 0 radical (unpaired) electrons. The SMILES string of the molecule is CN1C=C(CCN2CCNCC2)NN1. The van der Waals surface area contributed by atoms with E-state index < -0.39 is 0 Å². The molecule has 0 saturated carbocycles. The van der Waals surface area contributed by atoms with Gasteiger partial charge in [0.25, 0.3) is 0 Å². The molecular weight excluding hydrogens is 178 g/mol. The first-order valence-electron chi connectivity index (χ1n) is 5.23. The zero-order valence-corrected chi connectivity index (χ0v) is 8.71. The zero-order valence-electron chi connectivity index (χ0n) is 8.71. The van der Waals surface area contributed by atoms with Gasteiger partial charge in [-0.3, -0.25) is 5.01 Å². The molecule has 0 aromatic rings. The first-order valence-corrected chi connectivity index (χ1v) is 5.23. The van der Waals surface area contributed by atoms with Gasteiger partial charge in [-0.25, -0.2) is 0 Å². The number of hydrogen-bond acceptors (Lipinski definition) is 5. The fraction of sp³-hybridized carbons (Fsp3) is 0.778. The lowest BCUT2D eigenvalue weighted by molar-refractivity contribution is 0.242. The van der Waals surface area contributed by atoms with E-state index in [0.717, 1.165) is 26.1 Å². The van der Waals surface area contributed by atoms with Crippen molar-refractivity contribution in [1.29, 1.82) is 0 Å². The maximum Gasteiger partial charge on any atom is 0.0466 e. The Morgan fingerprint density at radius 2 is 2.14 bits per heavy atom. The minimum atomic E-state index is 1.09. The van der Waals surface area contributed by atoms with Crippen molar-refractivity contribution in [2.45, 2.75) is 6.42 Å². The Morgan fingerprint density at radius 3 is 2.79 bits per heavy atom. The molecule has 0 aliphatic carbocycles. The molecule has 1 fully saturated rings. The second-order valence-corrected chi connectivity index (χ2v) is 3.84. The third-order valence-corrected chi connectivity index (χ3v) is 2.65. The van der Waals surface area contributed by atoms with E-state index in [1.165, 1.54) is 18.8 Å². The molecule has 2 aliphatic rings. The molecule has 0 aromatic carbocycles. The third kappa shape index (κ3) is 2.60. The molecule has 14 heavy (non-hydrogen) atoms. The summed E-state index contributed by atoms with van der Waals surface area (Å²) in [7, 11) is 1.99. The summed E-state index contributed by atoms with van der Waals surface area (Å²) in [6.45, 7) is 5.76. The van der Waals surface area contributed by atoms with Crippen LogP contribution in [0.5, 0.6) is 0 Å². The molecular formula is C9H19N5. The predicted molar refractivity (Wildman–Crippen MR) is 56.0 cm³/mol. The van der Waals surface area contributed by atoms with Crippen molar-refractivity contribution in [3.8, 4) is 0 Å². The Labute approximate surface area is 85.1 Å². The van der Waals surface area contributed by atoms with E-state index >= 15 is 0 Å². The molecule has 3 N–H and O–H groups in total. The van der Waals surface area contributed by atoms with Crippen LogP contribution in [-0.2, 0) is 0 Å². The number of hydrogen-bond donors (Lipinski definition) is 3. The molecule has 0 aromatic heterocycles. The third-order valence-electron chi connectivity index (χ3n) is 2.65. The molecule has 2 aliphatic heterocycles. The first kappa shape index (κ1) is 9.76. The summed E-state index contributed by atoms with van der Waals surface area (Å²) < 4.78 is 0. The molecule has 0 atom stereocenters. The molecule has 80 valence electrons. The van der Waals surface area contributed by atoms with E-state index in [-0.39, 0.29) is 0 Å². The average Bonchev–Trinajstić information content (AvgIpc) is 2.63. The van der Waals surface area contributed by atoms with Crippen LogP contribution >= 0.6 is 0 Å². The molecule has 0 unspecified atom stereocenters. The smallest absolute Gasteiger partial charge is 0.0466 e. The van der Waals surface area contributed by atoms with E-state index in [1.54, 1.807) is 0 Å². The summed E-state index contributed by atoms with van der Waals surface area (Å²) >= 11 is 0. The highest BCUT2D eigenvalue weighted by molar-refractivity contribution is 5.01. The summed E-state index contributed by atoms with van der Waals surface area (Å²) in [5, 5.41) is 5.29. The summed E-state index contributed by atoms with van der Waals surface area (Å²) in [6, 6.07) is 0. The lowest BCUT2D eigenvalue weighted by Gasteiger charge is -2.27. The highest BCUT2D eigenvalue weighted by atomic mass is 15.7. The summed E-state index contributed by atoms with van der Waals surface area (Å²) in [4.78, 5) is 2.50. The van der Waals surface area contributed by atoms with Gasteiger partial charge in [-0.15, -0.1) is 5.53 Å². The molecule has 5 heteroatoms. The predicted octanol–water partition coefficient (Wildman–Crippen LogP) is -0.922. The molecule has 0 bridgehead atoms. The van der Waals surface area contributed by atoms with Crippen LogP contribution in [0.25, 0.3) is 0 Å². The minimum absolute atomic E-state index is 1.09. The van der Waals surface area contributed by atoms with Crippen molar-refractivity contribution in [2.75, 3.05) is 39.8 Å². The second-order valence-electron chi connectivity index (χ2n) is 3.84. The molecule has 2 heterocycles. The number of nitrogens with one attached hydrogen (secondary N) is 3. The van der Waals surface area contributed by atoms with Gasteiger partial charge in [0.2, 0.25) is 0 Å². The molecule has 0 amide bonds. The lowest BCUT2D eigenvalue weighted by atomic mass is 10.3. The summed E-state index contributed by atoms with van der Waals surface area (Å²) in [6.07, 6.45) is 3.19. The van der Waals surface area contributed by atoms with Crippen LogP contribution < -0.4 is 16.3 Å². The van der Waals surface area contributed by atoms with Crippen LogP contribution in [-0.4, -0.2) is 49.7 Å². The fourth-order valence-electron chi connectivity index (χ4n) is 1.80. The number of rotatable bonds is 3. The van der Waals surface area contributed by atoms with Gasteiger partial charge in [0, 0.05) is 58.1 Å². The van der Waals surface area contributed by atoms with Crippen molar-refractivity contribution in [1.82, 2.24) is 26.2 Å². The Hall–Kier alpha value is -0.780. The monoisotopic (exact) mass is 197 g/mol. The zero-order chi connectivity index (χ0) is 9.80. The summed E-state index contributed by atoms with van der Waals surface area (Å²) in [5.74, 6) is 0. The second kappa shape index (κ2) is 4.63. The van der Waals surface area contributed by atoms with Gasteiger partial charge in [0.15, 0.2) is 0 Å². The lowest BCUT2D eigenvalue weighted by Crippen LogP contribution is -2.44. The van der Waals surface area contributed by atoms with E-state index in [0.29, 0.717) is 0 Å². The topological polar surface area (TPSA) is 42.6 Å². The van der Waals surface area contributed by atoms with Crippen molar-refractivity contribution >= 4 is 0 Å². The van der Waals surface area contributed by atoms with Gasteiger partial charge in [0.1, 0.15) is 0 Å². The normalized spacial score (nSPS) is 23.5. The van der Waals surface area contributed by atoms with Crippen molar-refractivity contribution in [3.63, 3.8) is 0 Å².